The van der Waals surface area contributed by atoms with Crippen LogP contribution in [0, 0.1) is 0 Å². The van der Waals surface area contributed by atoms with Crippen LogP contribution < -0.4 is 5.32 Å². The van der Waals surface area contributed by atoms with Crippen LogP contribution in [0.4, 0.5) is 0 Å². The lowest BCUT2D eigenvalue weighted by atomic mass is 10.1. The maximum absolute atomic E-state index is 9.79. The van der Waals surface area contributed by atoms with Crippen LogP contribution in [0.2, 0.25) is 0 Å². The van der Waals surface area contributed by atoms with E-state index in [0.29, 0.717) is 26.4 Å². The van der Waals surface area contributed by atoms with Crippen molar-refractivity contribution in [3.63, 3.8) is 0 Å². The monoisotopic (exact) mass is 261 g/mol. The molecule has 2 N–H and O–H groups in total. The van der Waals surface area contributed by atoms with Crippen LogP contribution >= 0.6 is 0 Å². The molecule has 5 heteroatoms. The van der Waals surface area contributed by atoms with Gasteiger partial charge in [0.25, 0.3) is 0 Å². The van der Waals surface area contributed by atoms with Crippen molar-refractivity contribution in [1.82, 2.24) is 5.32 Å². The van der Waals surface area contributed by atoms with Gasteiger partial charge in [-0.05, 0) is 26.7 Å². The maximum atomic E-state index is 9.79. The highest BCUT2D eigenvalue weighted by molar-refractivity contribution is 4.78. The smallest absolute Gasteiger partial charge is 0.0897 e. The molecule has 0 radical (unpaired) electrons. The van der Waals surface area contributed by atoms with Gasteiger partial charge in [0.2, 0.25) is 0 Å². The number of rotatable bonds is 9. The quantitative estimate of drug-likeness (QED) is 0.635. The van der Waals surface area contributed by atoms with E-state index in [9.17, 15) is 5.11 Å². The Morgan fingerprint density at radius 3 is 2.89 bits per heavy atom. The molecule has 0 aliphatic carbocycles. The predicted octanol–water partition coefficient (Wildman–Crippen LogP) is 0.558. The summed E-state index contributed by atoms with van der Waals surface area (Å²) in [6.07, 6.45) is 1.90. The van der Waals surface area contributed by atoms with Gasteiger partial charge >= 0.3 is 0 Å². The molecule has 1 rings (SSSR count). The first-order chi connectivity index (χ1) is 8.53. The summed E-state index contributed by atoms with van der Waals surface area (Å²) in [5, 5.41) is 13.0. The highest BCUT2D eigenvalue weighted by Gasteiger charge is 2.19. The highest BCUT2D eigenvalue weighted by atomic mass is 16.5. The number of hydrogen-bond acceptors (Lipinski definition) is 5. The largest absolute Gasteiger partial charge is 0.389 e. The molecule has 0 amide bonds. The molecule has 2 unspecified atom stereocenters. The van der Waals surface area contributed by atoms with E-state index >= 15 is 0 Å². The molecule has 108 valence electrons. The van der Waals surface area contributed by atoms with Gasteiger partial charge in [0.05, 0.1) is 32.0 Å². The molecular formula is C13H27NO4. The Hall–Kier alpha value is -0.200. The fourth-order valence-corrected chi connectivity index (χ4v) is 1.98. The summed E-state index contributed by atoms with van der Waals surface area (Å²) in [6, 6.07) is 0. The van der Waals surface area contributed by atoms with Gasteiger partial charge < -0.3 is 24.6 Å². The van der Waals surface area contributed by atoms with Crippen molar-refractivity contribution in [2.24, 2.45) is 0 Å². The molecule has 0 bridgehead atoms. The number of aliphatic hydroxyl groups is 1. The molecule has 1 aliphatic heterocycles. The van der Waals surface area contributed by atoms with Gasteiger partial charge in [-0.2, -0.15) is 0 Å². The Morgan fingerprint density at radius 1 is 1.50 bits per heavy atom. The summed E-state index contributed by atoms with van der Waals surface area (Å²) in [7, 11) is 1.67. The zero-order valence-corrected chi connectivity index (χ0v) is 11.8. The average Bonchev–Trinajstić information content (AvgIpc) is 2.79. The molecule has 0 aromatic heterocycles. The van der Waals surface area contributed by atoms with Crippen molar-refractivity contribution < 1.29 is 19.3 Å². The molecule has 1 heterocycles. The lowest BCUT2D eigenvalue weighted by Crippen LogP contribution is -2.47. The Balaban J connectivity index is 2.04. The minimum Gasteiger partial charge on any atom is -0.389 e. The van der Waals surface area contributed by atoms with Crippen LogP contribution in [0.3, 0.4) is 0 Å². The van der Waals surface area contributed by atoms with Crippen molar-refractivity contribution in [2.45, 2.75) is 44.4 Å². The second kappa shape index (κ2) is 8.07. The summed E-state index contributed by atoms with van der Waals surface area (Å²) in [6.45, 7) is 6.95. The van der Waals surface area contributed by atoms with E-state index in [2.05, 4.69) is 5.32 Å². The van der Waals surface area contributed by atoms with Gasteiger partial charge in [0.15, 0.2) is 0 Å². The number of hydrogen-bond donors (Lipinski definition) is 2. The van der Waals surface area contributed by atoms with E-state index in [-0.39, 0.29) is 11.6 Å². The summed E-state index contributed by atoms with van der Waals surface area (Å²) >= 11 is 0. The second-order valence-corrected chi connectivity index (χ2v) is 5.52. The summed E-state index contributed by atoms with van der Waals surface area (Å²) < 4.78 is 16.0. The third-order valence-corrected chi connectivity index (χ3v) is 2.96. The van der Waals surface area contributed by atoms with Crippen LogP contribution in [-0.4, -0.2) is 62.9 Å². The Labute approximate surface area is 110 Å². The molecular weight excluding hydrogens is 234 g/mol. The number of ether oxygens (including phenoxy) is 3. The number of nitrogens with one attached hydrogen (secondary N) is 1. The van der Waals surface area contributed by atoms with Gasteiger partial charge in [-0.1, -0.05) is 0 Å². The van der Waals surface area contributed by atoms with E-state index in [1.165, 1.54) is 0 Å². The first-order valence-electron chi connectivity index (χ1n) is 6.65. The zero-order valence-electron chi connectivity index (χ0n) is 11.8. The van der Waals surface area contributed by atoms with Crippen LogP contribution in [0.25, 0.3) is 0 Å². The molecule has 2 atom stereocenters. The molecule has 0 spiro atoms. The summed E-state index contributed by atoms with van der Waals surface area (Å²) in [5.74, 6) is 0. The van der Waals surface area contributed by atoms with E-state index in [0.717, 1.165) is 19.4 Å². The summed E-state index contributed by atoms with van der Waals surface area (Å²) in [5.41, 5.74) is -0.135. The molecule has 0 aromatic rings. The maximum Gasteiger partial charge on any atom is 0.0897 e. The topological polar surface area (TPSA) is 60.0 Å². The fourth-order valence-electron chi connectivity index (χ4n) is 1.98. The molecule has 5 nitrogen and oxygen atoms in total. The van der Waals surface area contributed by atoms with Crippen LogP contribution in [0.1, 0.15) is 26.7 Å². The van der Waals surface area contributed by atoms with Gasteiger partial charge in [-0.25, -0.2) is 0 Å². The zero-order chi connectivity index (χ0) is 13.4. The Kier molecular flexibility index (Phi) is 7.11. The standard InChI is InChI=1S/C13H27NO4/c1-13(2,10-16-3)14-7-11(15)8-17-9-12-5-4-6-18-12/h11-12,14-15H,4-10H2,1-3H3. The summed E-state index contributed by atoms with van der Waals surface area (Å²) in [4.78, 5) is 0. The second-order valence-electron chi connectivity index (χ2n) is 5.52. The van der Waals surface area contributed by atoms with E-state index < -0.39 is 6.10 Å². The highest BCUT2D eigenvalue weighted by Crippen LogP contribution is 2.12. The predicted molar refractivity (Wildman–Crippen MR) is 69.8 cm³/mol. The SMILES string of the molecule is COCC(C)(C)NCC(O)COCC1CCCO1. The molecule has 0 aromatic carbocycles. The third-order valence-electron chi connectivity index (χ3n) is 2.96. The van der Waals surface area contributed by atoms with Gasteiger partial charge in [0, 0.05) is 25.8 Å². The lowest BCUT2D eigenvalue weighted by Gasteiger charge is -2.27. The van der Waals surface area contributed by atoms with E-state index in [1.807, 2.05) is 13.8 Å². The number of β-amino-alcohol motifs (C(OH)–C–C–N with tert-alkyl or cyclic N) is 1. The Morgan fingerprint density at radius 2 is 2.28 bits per heavy atom. The van der Waals surface area contributed by atoms with Gasteiger partial charge in [-0.3, -0.25) is 0 Å². The van der Waals surface area contributed by atoms with Gasteiger partial charge in [-0.15, -0.1) is 0 Å². The minimum absolute atomic E-state index is 0.135. The van der Waals surface area contributed by atoms with Crippen molar-refractivity contribution in [2.75, 3.05) is 40.1 Å². The van der Waals surface area contributed by atoms with E-state index in [4.69, 9.17) is 14.2 Å². The fraction of sp³-hybridized carbons (Fsp3) is 1.00. The van der Waals surface area contributed by atoms with Gasteiger partial charge in [0.1, 0.15) is 0 Å². The molecule has 1 saturated heterocycles. The van der Waals surface area contributed by atoms with Crippen molar-refractivity contribution in [3.05, 3.63) is 0 Å². The van der Waals surface area contributed by atoms with Crippen LogP contribution in [0.5, 0.6) is 0 Å². The first kappa shape index (κ1) is 15.9. The Bertz CT molecular complexity index is 217. The van der Waals surface area contributed by atoms with Crippen molar-refractivity contribution in [3.8, 4) is 0 Å². The number of methoxy groups -OCH3 is 1. The normalized spacial score (nSPS) is 22.3. The molecule has 18 heavy (non-hydrogen) atoms. The molecule has 0 saturated carbocycles. The van der Waals surface area contributed by atoms with Crippen molar-refractivity contribution >= 4 is 0 Å². The minimum atomic E-state index is -0.498. The van der Waals surface area contributed by atoms with E-state index in [1.54, 1.807) is 7.11 Å². The first-order valence-corrected chi connectivity index (χ1v) is 6.65. The number of aliphatic hydroxyl groups excluding tert-OH is 1. The van der Waals surface area contributed by atoms with Crippen LogP contribution in [-0.2, 0) is 14.2 Å². The molecule has 1 fully saturated rings. The third kappa shape index (κ3) is 6.66. The van der Waals surface area contributed by atoms with Crippen molar-refractivity contribution in [1.29, 1.82) is 0 Å². The lowest BCUT2D eigenvalue weighted by molar-refractivity contribution is -0.0187. The average molecular weight is 261 g/mol. The molecule has 1 aliphatic rings. The van der Waals surface area contributed by atoms with Crippen LogP contribution in [0.15, 0.2) is 0 Å².